The van der Waals surface area contributed by atoms with Crippen LogP contribution < -0.4 is 10.1 Å². The van der Waals surface area contributed by atoms with Gasteiger partial charge in [-0.25, -0.2) is 0 Å². The minimum atomic E-state index is 0.00409. The van der Waals surface area contributed by atoms with Crippen LogP contribution in [0.5, 0.6) is 5.75 Å². The number of piperidine rings is 1. The van der Waals surface area contributed by atoms with Gasteiger partial charge in [-0.05, 0) is 30.5 Å². The number of benzene rings is 1. The van der Waals surface area contributed by atoms with E-state index in [0.29, 0.717) is 38.1 Å². The monoisotopic (exact) mass is 375 g/mol. The van der Waals surface area contributed by atoms with Crippen LogP contribution in [0.25, 0.3) is 0 Å². The van der Waals surface area contributed by atoms with E-state index in [1.54, 1.807) is 11.8 Å². The number of hydrogen-bond acceptors (Lipinski definition) is 5. The molecule has 1 aromatic rings. The molecule has 1 N–H and O–H groups in total. The van der Waals surface area contributed by atoms with Gasteiger partial charge in [0.25, 0.3) is 5.91 Å². The summed E-state index contributed by atoms with van der Waals surface area (Å²) in [5, 5.41) is 3.00. The molecule has 7 heteroatoms. The Bertz CT molecular complexity index is 621. The van der Waals surface area contributed by atoms with E-state index < -0.39 is 0 Å². The third-order valence-corrected chi connectivity index (χ3v) is 5.05. The molecule has 2 aliphatic rings. The van der Waals surface area contributed by atoms with Gasteiger partial charge < -0.3 is 19.7 Å². The van der Waals surface area contributed by atoms with E-state index in [2.05, 4.69) is 22.3 Å². The van der Waals surface area contributed by atoms with Crippen molar-refractivity contribution in [2.24, 2.45) is 0 Å². The molecular weight excluding hydrogens is 346 g/mol. The van der Waals surface area contributed by atoms with Crippen molar-refractivity contribution in [1.29, 1.82) is 0 Å². The van der Waals surface area contributed by atoms with Crippen molar-refractivity contribution in [2.75, 3.05) is 46.0 Å². The molecule has 27 heavy (non-hydrogen) atoms. The summed E-state index contributed by atoms with van der Waals surface area (Å²) in [6, 6.07) is 8.25. The fourth-order valence-corrected chi connectivity index (χ4v) is 3.52. The standard InChI is InChI=1S/C20H29N3O4/c1-16(24)21-18-6-8-22(9-7-18)14-17-2-4-19(5-3-17)27-15-20(25)23-10-12-26-13-11-23/h2-5,18H,6-15H2,1H3,(H,21,24). The second-order valence-corrected chi connectivity index (χ2v) is 7.18. The molecule has 1 aromatic carbocycles. The van der Waals surface area contributed by atoms with E-state index in [4.69, 9.17) is 9.47 Å². The largest absolute Gasteiger partial charge is 0.484 e. The lowest BCUT2D eigenvalue weighted by molar-refractivity contribution is -0.137. The molecule has 2 fully saturated rings. The van der Waals surface area contributed by atoms with Crippen molar-refractivity contribution < 1.29 is 19.1 Å². The number of nitrogens with zero attached hydrogens (tertiary/aromatic N) is 2. The van der Waals surface area contributed by atoms with E-state index in [0.717, 1.165) is 32.5 Å². The Morgan fingerprint density at radius 1 is 1.11 bits per heavy atom. The third kappa shape index (κ3) is 6.22. The number of amides is 2. The Morgan fingerprint density at radius 2 is 1.78 bits per heavy atom. The highest BCUT2D eigenvalue weighted by Crippen LogP contribution is 2.17. The summed E-state index contributed by atoms with van der Waals surface area (Å²) in [5.74, 6) is 0.769. The lowest BCUT2D eigenvalue weighted by atomic mass is 10.0. The van der Waals surface area contributed by atoms with Gasteiger partial charge in [0.05, 0.1) is 13.2 Å². The van der Waals surface area contributed by atoms with Crippen LogP contribution in [0.2, 0.25) is 0 Å². The van der Waals surface area contributed by atoms with Crippen molar-refractivity contribution >= 4 is 11.8 Å². The van der Waals surface area contributed by atoms with Gasteiger partial charge in [0, 0.05) is 45.7 Å². The number of nitrogens with one attached hydrogen (secondary N) is 1. The summed E-state index contributed by atoms with van der Waals surface area (Å²) >= 11 is 0. The van der Waals surface area contributed by atoms with E-state index in [-0.39, 0.29) is 18.4 Å². The molecule has 0 bridgehead atoms. The van der Waals surface area contributed by atoms with Crippen LogP contribution in [-0.4, -0.2) is 73.7 Å². The van der Waals surface area contributed by atoms with Crippen molar-refractivity contribution in [1.82, 2.24) is 15.1 Å². The van der Waals surface area contributed by atoms with E-state index >= 15 is 0 Å². The van der Waals surface area contributed by atoms with Crippen molar-refractivity contribution in [3.63, 3.8) is 0 Å². The van der Waals surface area contributed by atoms with Crippen molar-refractivity contribution in [3.05, 3.63) is 29.8 Å². The fraction of sp³-hybridized carbons (Fsp3) is 0.600. The molecule has 7 nitrogen and oxygen atoms in total. The minimum Gasteiger partial charge on any atom is -0.484 e. The van der Waals surface area contributed by atoms with Crippen molar-refractivity contribution in [2.45, 2.75) is 32.4 Å². The Kier molecular flexibility index (Phi) is 7.06. The summed E-state index contributed by atoms with van der Waals surface area (Å²) in [4.78, 5) is 27.4. The number of likely N-dealkylation sites (tertiary alicyclic amines) is 1. The molecule has 0 saturated carbocycles. The number of carbonyl (C=O) groups is 2. The first-order valence-corrected chi connectivity index (χ1v) is 9.67. The predicted octanol–water partition coefficient (Wildman–Crippen LogP) is 1.02. The van der Waals surface area contributed by atoms with Crippen LogP contribution in [0.4, 0.5) is 0 Å². The Morgan fingerprint density at radius 3 is 2.41 bits per heavy atom. The summed E-state index contributed by atoms with van der Waals surface area (Å²) in [7, 11) is 0. The predicted molar refractivity (Wildman–Crippen MR) is 101 cm³/mol. The van der Waals surface area contributed by atoms with E-state index in [1.807, 2.05) is 12.1 Å². The normalized spacial score (nSPS) is 18.9. The Labute approximate surface area is 160 Å². The molecule has 0 spiro atoms. The molecule has 0 radical (unpaired) electrons. The van der Waals surface area contributed by atoms with Gasteiger partial charge in [-0.2, -0.15) is 0 Å². The first kappa shape index (κ1) is 19.6. The van der Waals surface area contributed by atoms with Gasteiger partial charge in [-0.1, -0.05) is 12.1 Å². The second-order valence-electron chi connectivity index (χ2n) is 7.18. The first-order chi connectivity index (χ1) is 13.1. The highest BCUT2D eigenvalue weighted by molar-refractivity contribution is 5.77. The van der Waals surface area contributed by atoms with Gasteiger partial charge in [0.2, 0.25) is 5.91 Å². The molecule has 148 valence electrons. The Balaban J connectivity index is 1.40. The van der Waals surface area contributed by atoms with Crippen LogP contribution >= 0.6 is 0 Å². The summed E-state index contributed by atoms with van der Waals surface area (Å²) in [6.45, 7) is 6.97. The zero-order valence-corrected chi connectivity index (χ0v) is 16.0. The lowest BCUT2D eigenvalue weighted by Gasteiger charge is -2.32. The molecule has 2 amide bonds. The van der Waals surface area contributed by atoms with Gasteiger partial charge >= 0.3 is 0 Å². The topological polar surface area (TPSA) is 71.1 Å². The number of morpholine rings is 1. The van der Waals surface area contributed by atoms with Crippen LogP contribution in [-0.2, 0) is 20.9 Å². The zero-order valence-electron chi connectivity index (χ0n) is 16.0. The molecule has 0 unspecified atom stereocenters. The average molecular weight is 375 g/mol. The van der Waals surface area contributed by atoms with Gasteiger partial charge in [0.15, 0.2) is 6.61 Å². The number of ether oxygens (including phenoxy) is 2. The van der Waals surface area contributed by atoms with Gasteiger partial charge in [-0.3, -0.25) is 14.5 Å². The highest BCUT2D eigenvalue weighted by Gasteiger charge is 2.20. The maximum absolute atomic E-state index is 12.1. The third-order valence-electron chi connectivity index (χ3n) is 5.05. The van der Waals surface area contributed by atoms with Crippen LogP contribution in [0.1, 0.15) is 25.3 Å². The lowest BCUT2D eigenvalue weighted by Crippen LogP contribution is -2.43. The van der Waals surface area contributed by atoms with E-state index in [1.165, 1.54) is 5.56 Å². The van der Waals surface area contributed by atoms with E-state index in [9.17, 15) is 9.59 Å². The minimum absolute atomic E-state index is 0.00409. The summed E-state index contributed by atoms with van der Waals surface area (Å²) in [5.41, 5.74) is 1.22. The zero-order chi connectivity index (χ0) is 19.1. The molecule has 2 aliphatic heterocycles. The molecule has 3 rings (SSSR count). The average Bonchev–Trinajstić information content (AvgIpc) is 2.69. The van der Waals surface area contributed by atoms with Gasteiger partial charge in [-0.15, -0.1) is 0 Å². The molecule has 0 aromatic heterocycles. The quantitative estimate of drug-likeness (QED) is 0.804. The summed E-state index contributed by atoms with van der Waals surface area (Å²) < 4.78 is 10.9. The number of carbonyl (C=O) groups excluding carboxylic acids is 2. The molecular formula is C20H29N3O4. The van der Waals surface area contributed by atoms with Crippen LogP contribution in [0.3, 0.4) is 0 Å². The van der Waals surface area contributed by atoms with Crippen LogP contribution in [0.15, 0.2) is 24.3 Å². The second kappa shape index (κ2) is 9.71. The SMILES string of the molecule is CC(=O)NC1CCN(Cc2ccc(OCC(=O)N3CCOCC3)cc2)CC1. The smallest absolute Gasteiger partial charge is 0.260 e. The highest BCUT2D eigenvalue weighted by atomic mass is 16.5. The molecule has 2 heterocycles. The molecule has 0 aliphatic carbocycles. The fourth-order valence-electron chi connectivity index (χ4n) is 3.52. The molecule has 2 saturated heterocycles. The maximum Gasteiger partial charge on any atom is 0.260 e. The van der Waals surface area contributed by atoms with Crippen molar-refractivity contribution in [3.8, 4) is 5.75 Å². The van der Waals surface area contributed by atoms with Crippen LogP contribution in [0, 0.1) is 0 Å². The number of hydrogen-bond donors (Lipinski definition) is 1. The van der Waals surface area contributed by atoms with Gasteiger partial charge in [0.1, 0.15) is 5.75 Å². The molecule has 0 atom stereocenters. The number of rotatable bonds is 6. The summed E-state index contributed by atoms with van der Waals surface area (Å²) in [6.07, 6.45) is 1.98. The maximum atomic E-state index is 12.1. The first-order valence-electron chi connectivity index (χ1n) is 9.67. The Hall–Kier alpha value is -2.12.